The van der Waals surface area contributed by atoms with Gasteiger partial charge in [-0.2, -0.15) is 0 Å². The van der Waals surface area contributed by atoms with Crippen molar-refractivity contribution in [1.82, 2.24) is 5.32 Å². The zero-order chi connectivity index (χ0) is 11.6. The molecule has 0 bridgehead atoms. The smallest absolute Gasteiger partial charge is 0.0971 e. The van der Waals surface area contributed by atoms with Crippen molar-refractivity contribution < 1.29 is 5.11 Å². The van der Waals surface area contributed by atoms with Crippen LogP contribution in [0, 0.1) is 6.92 Å². The van der Waals surface area contributed by atoms with E-state index < -0.39 is 0 Å². The Morgan fingerprint density at radius 3 is 2.25 bits per heavy atom. The van der Waals surface area contributed by atoms with Crippen molar-refractivity contribution in [3.63, 3.8) is 0 Å². The van der Waals surface area contributed by atoms with Crippen LogP contribution in [0.4, 0.5) is 0 Å². The Kier molecular flexibility index (Phi) is 3.31. The SMILES string of the molecule is CNC1([C@@H](O)c2ccc(C)cc2)CCCC1. The largest absolute Gasteiger partial charge is 0.386 e. The van der Waals surface area contributed by atoms with Crippen LogP contribution in [0.3, 0.4) is 0 Å². The third-order valence-corrected chi connectivity index (χ3v) is 3.91. The highest BCUT2D eigenvalue weighted by Crippen LogP contribution is 2.39. The van der Waals surface area contributed by atoms with Crippen molar-refractivity contribution in [2.75, 3.05) is 7.05 Å². The first kappa shape index (κ1) is 11.6. The summed E-state index contributed by atoms with van der Waals surface area (Å²) in [5, 5.41) is 13.8. The van der Waals surface area contributed by atoms with E-state index in [1.165, 1.54) is 18.4 Å². The van der Waals surface area contributed by atoms with E-state index in [2.05, 4.69) is 24.4 Å². The first-order valence-corrected chi connectivity index (χ1v) is 6.11. The van der Waals surface area contributed by atoms with Crippen LogP contribution in [-0.2, 0) is 0 Å². The van der Waals surface area contributed by atoms with Gasteiger partial charge in [0.25, 0.3) is 0 Å². The molecule has 88 valence electrons. The van der Waals surface area contributed by atoms with Crippen LogP contribution in [0.5, 0.6) is 0 Å². The molecule has 1 saturated carbocycles. The van der Waals surface area contributed by atoms with E-state index in [1.54, 1.807) is 0 Å². The van der Waals surface area contributed by atoms with Crippen LogP contribution in [-0.4, -0.2) is 17.7 Å². The lowest BCUT2D eigenvalue weighted by Crippen LogP contribution is -2.45. The molecule has 2 heteroatoms. The summed E-state index contributed by atoms with van der Waals surface area (Å²) in [6.45, 7) is 2.07. The second-order valence-electron chi connectivity index (χ2n) is 4.93. The minimum atomic E-state index is -0.388. The van der Waals surface area contributed by atoms with Crippen LogP contribution in [0.1, 0.15) is 42.9 Å². The van der Waals surface area contributed by atoms with E-state index in [0.29, 0.717) is 0 Å². The standard InChI is InChI=1S/C14H21NO/c1-11-5-7-12(8-6-11)13(16)14(15-2)9-3-4-10-14/h5-8,13,15-16H,3-4,9-10H2,1-2H3/t13-/m0/s1. The van der Waals surface area contributed by atoms with Gasteiger partial charge in [0.05, 0.1) is 6.10 Å². The Hall–Kier alpha value is -0.860. The van der Waals surface area contributed by atoms with Crippen molar-refractivity contribution in [2.45, 2.75) is 44.2 Å². The third-order valence-electron chi connectivity index (χ3n) is 3.91. The molecule has 1 atom stereocenters. The van der Waals surface area contributed by atoms with Gasteiger partial charge in [-0.05, 0) is 32.4 Å². The summed E-state index contributed by atoms with van der Waals surface area (Å²) >= 11 is 0. The van der Waals surface area contributed by atoms with Gasteiger partial charge in [0.1, 0.15) is 0 Å². The number of rotatable bonds is 3. The summed E-state index contributed by atoms with van der Waals surface area (Å²) in [7, 11) is 1.96. The molecular formula is C14H21NO. The molecule has 1 aliphatic rings. The number of hydrogen-bond donors (Lipinski definition) is 2. The summed E-state index contributed by atoms with van der Waals surface area (Å²) < 4.78 is 0. The molecule has 1 fully saturated rings. The van der Waals surface area contributed by atoms with Crippen molar-refractivity contribution in [2.24, 2.45) is 0 Å². The van der Waals surface area contributed by atoms with Gasteiger partial charge in [-0.1, -0.05) is 42.7 Å². The lowest BCUT2D eigenvalue weighted by Gasteiger charge is -2.34. The Morgan fingerprint density at radius 2 is 1.75 bits per heavy atom. The lowest BCUT2D eigenvalue weighted by molar-refractivity contribution is 0.0667. The first-order chi connectivity index (χ1) is 7.68. The fraction of sp³-hybridized carbons (Fsp3) is 0.571. The number of nitrogens with one attached hydrogen (secondary N) is 1. The normalized spacial score (nSPS) is 20.9. The maximum absolute atomic E-state index is 10.5. The minimum Gasteiger partial charge on any atom is -0.386 e. The molecule has 0 unspecified atom stereocenters. The average Bonchev–Trinajstić information content (AvgIpc) is 2.79. The Labute approximate surface area is 97.7 Å². The third kappa shape index (κ3) is 2.00. The van der Waals surface area contributed by atoms with Crippen molar-refractivity contribution in [1.29, 1.82) is 0 Å². The summed E-state index contributed by atoms with van der Waals surface area (Å²) in [6.07, 6.45) is 4.17. The molecule has 0 amide bonds. The number of hydrogen-bond acceptors (Lipinski definition) is 2. The fourth-order valence-corrected chi connectivity index (χ4v) is 2.73. The van der Waals surface area contributed by atoms with Gasteiger partial charge < -0.3 is 10.4 Å². The molecule has 1 aliphatic carbocycles. The first-order valence-electron chi connectivity index (χ1n) is 6.11. The van der Waals surface area contributed by atoms with Crippen molar-refractivity contribution in [3.8, 4) is 0 Å². The summed E-state index contributed by atoms with van der Waals surface area (Å²) in [4.78, 5) is 0. The highest BCUT2D eigenvalue weighted by Gasteiger charge is 2.39. The maximum Gasteiger partial charge on any atom is 0.0971 e. The van der Waals surface area contributed by atoms with Crippen LogP contribution >= 0.6 is 0 Å². The van der Waals surface area contributed by atoms with Gasteiger partial charge in [-0.25, -0.2) is 0 Å². The van der Waals surface area contributed by atoms with Crippen molar-refractivity contribution >= 4 is 0 Å². The van der Waals surface area contributed by atoms with E-state index >= 15 is 0 Å². The van der Waals surface area contributed by atoms with Gasteiger partial charge in [0, 0.05) is 5.54 Å². The molecule has 16 heavy (non-hydrogen) atoms. The zero-order valence-corrected chi connectivity index (χ0v) is 10.2. The Bertz CT molecular complexity index is 338. The molecule has 2 nitrogen and oxygen atoms in total. The Balaban J connectivity index is 2.23. The summed E-state index contributed by atoms with van der Waals surface area (Å²) in [5.74, 6) is 0. The molecule has 2 N–H and O–H groups in total. The summed E-state index contributed by atoms with van der Waals surface area (Å²) in [6, 6.07) is 8.21. The van der Waals surface area contributed by atoms with Gasteiger partial charge in [-0.3, -0.25) is 0 Å². The van der Waals surface area contributed by atoms with E-state index in [1.807, 2.05) is 19.2 Å². The predicted molar refractivity (Wildman–Crippen MR) is 66.4 cm³/mol. The number of aryl methyl sites for hydroxylation is 1. The van der Waals surface area contributed by atoms with E-state index in [0.717, 1.165) is 18.4 Å². The van der Waals surface area contributed by atoms with Gasteiger partial charge in [-0.15, -0.1) is 0 Å². The second kappa shape index (κ2) is 4.56. The Morgan fingerprint density at radius 1 is 1.19 bits per heavy atom. The number of aliphatic hydroxyl groups is 1. The molecule has 1 aromatic rings. The number of benzene rings is 1. The molecule has 0 aromatic heterocycles. The fourth-order valence-electron chi connectivity index (χ4n) is 2.73. The van der Waals surface area contributed by atoms with E-state index in [4.69, 9.17) is 0 Å². The maximum atomic E-state index is 10.5. The molecule has 0 heterocycles. The van der Waals surface area contributed by atoms with Gasteiger partial charge in [0.2, 0.25) is 0 Å². The number of aliphatic hydroxyl groups excluding tert-OH is 1. The lowest BCUT2D eigenvalue weighted by atomic mass is 9.86. The van der Waals surface area contributed by atoms with Crippen LogP contribution in [0.25, 0.3) is 0 Å². The monoisotopic (exact) mass is 219 g/mol. The van der Waals surface area contributed by atoms with Gasteiger partial charge in [0.15, 0.2) is 0 Å². The highest BCUT2D eigenvalue weighted by molar-refractivity contribution is 5.26. The molecular weight excluding hydrogens is 198 g/mol. The van der Waals surface area contributed by atoms with Crippen molar-refractivity contribution in [3.05, 3.63) is 35.4 Å². The predicted octanol–water partition coefficient (Wildman–Crippen LogP) is 2.56. The average molecular weight is 219 g/mol. The zero-order valence-electron chi connectivity index (χ0n) is 10.2. The highest BCUT2D eigenvalue weighted by atomic mass is 16.3. The molecule has 0 saturated heterocycles. The van der Waals surface area contributed by atoms with Gasteiger partial charge >= 0.3 is 0 Å². The second-order valence-corrected chi connectivity index (χ2v) is 4.93. The molecule has 0 radical (unpaired) electrons. The molecule has 0 aliphatic heterocycles. The minimum absolute atomic E-state index is 0.102. The van der Waals surface area contributed by atoms with Crippen LogP contribution < -0.4 is 5.32 Å². The topological polar surface area (TPSA) is 32.3 Å². The van der Waals surface area contributed by atoms with Crippen LogP contribution in [0.2, 0.25) is 0 Å². The molecule has 2 rings (SSSR count). The molecule has 1 aromatic carbocycles. The summed E-state index contributed by atoms with van der Waals surface area (Å²) in [5.41, 5.74) is 2.16. The van der Waals surface area contributed by atoms with E-state index in [9.17, 15) is 5.11 Å². The number of likely N-dealkylation sites (N-methyl/N-ethyl adjacent to an activating group) is 1. The quantitative estimate of drug-likeness (QED) is 0.819. The van der Waals surface area contributed by atoms with Crippen LogP contribution in [0.15, 0.2) is 24.3 Å². The molecule has 0 spiro atoms. The van der Waals surface area contributed by atoms with E-state index in [-0.39, 0.29) is 11.6 Å².